The molecular weight excluding hydrogens is 534 g/mol. The number of carboxylic acid groups (broad SMARTS) is 1. The van der Waals surface area contributed by atoms with E-state index in [-0.39, 0.29) is 51.1 Å². The molecule has 5 rings (SSSR count). The lowest BCUT2D eigenvalue weighted by Gasteiger charge is -2.17. The fourth-order valence-corrected chi connectivity index (χ4v) is 5.32. The normalized spacial score (nSPS) is 12.0. The largest absolute Gasteiger partial charge is 0.478 e. The van der Waals surface area contributed by atoms with Crippen molar-refractivity contribution >= 4 is 34.4 Å². The number of nitrogens with zero attached hydrogens (tertiary/aromatic N) is 1. The summed E-state index contributed by atoms with van der Waals surface area (Å²) in [4.78, 5) is 33.1. The number of carboxylic acids is 1. The Balaban J connectivity index is 1.56. The number of imidazole rings is 1. The molecule has 0 aliphatic carbocycles. The maximum atomic E-state index is 13.8. The Hall–Kier alpha value is -4.36. The van der Waals surface area contributed by atoms with Crippen molar-refractivity contribution < 1.29 is 23.5 Å². The molecule has 0 saturated carbocycles. The molecule has 8 heteroatoms. The third-order valence-electron chi connectivity index (χ3n) is 6.97. The van der Waals surface area contributed by atoms with E-state index in [0.717, 1.165) is 30.5 Å². The van der Waals surface area contributed by atoms with Crippen molar-refractivity contribution in [1.29, 1.82) is 0 Å². The first-order valence-corrected chi connectivity index (χ1v) is 13.2. The zero-order chi connectivity index (χ0) is 28.4. The van der Waals surface area contributed by atoms with Crippen LogP contribution in [0.15, 0.2) is 78.9 Å². The molecule has 0 unspecified atom stereocenters. The topological polar surface area (TPSA) is 83.0 Å². The Morgan fingerprint density at radius 3 is 2.42 bits per heavy atom. The summed E-state index contributed by atoms with van der Waals surface area (Å²) in [6.07, 6.45) is 1.98. The first-order valence-electron chi connectivity index (χ1n) is 12.9. The molecule has 5 nitrogen and oxygen atoms in total. The maximum Gasteiger partial charge on any atom is 0.336 e. The van der Waals surface area contributed by atoms with Gasteiger partial charge in [-0.05, 0) is 35.6 Å². The molecule has 4 aromatic carbocycles. The van der Waals surface area contributed by atoms with E-state index in [4.69, 9.17) is 11.6 Å². The molecule has 0 fully saturated rings. The Morgan fingerprint density at radius 1 is 0.950 bits per heavy atom. The summed E-state index contributed by atoms with van der Waals surface area (Å²) in [6, 6.07) is 21.3. The number of aromatic amines is 1. The predicted octanol–water partition coefficient (Wildman–Crippen LogP) is 8.68. The minimum absolute atomic E-state index is 0.0181. The van der Waals surface area contributed by atoms with E-state index >= 15 is 0 Å². The Kier molecular flexibility index (Phi) is 7.76. The number of aromatic carboxylic acids is 1. The van der Waals surface area contributed by atoms with Gasteiger partial charge in [-0.1, -0.05) is 79.5 Å². The van der Waals surface area contributed by atoms with E-state index < -0.39 is 17.6 Å². The number of carbonyl (C=O) groups excluding carboxylic acids is 1. The van der Waals surface area contributed by atoms with Crippen molar-refractivity contribution in [3.63, 3.8) is 0 Å². The summed E-state index contributed by atoms with van der Waals surface area (Å²) in [5.74, 6) is -3.15. The predicted molar refractivity (Wildman–Crippen MR) is 152 cm³/mol. The fraction of sp³-hybridized carbons (Fsp3) is 0.156. The molecule has 1 heterocycles. The quantitative estimate of drug-likeness (QED) is 0.177. The molecule has 2 N–H and O–H groups in total. The van der Waals surface area contributed by atoms with Gasteiger partial charge in [-0.25, -0.2) is 18.6 Å². The molecule has 5 aromatic rings. The number of hydrogen-bond donors (Lipinski definition) is 2. The molecular formula is C32H25ClF2N2O3. The first kappa shape index (κ1) is 27.2. The summed E-state index contributed by atoms with van der Waals surface area (Å²) in [5, 5.41) is 10.4. The number of rotatable bonds is 9. The highest BCUT2D eigenvalue weighted by molar-refractivity contribution is 6.34. The standard InChI is InChI=1S/C32H25ClF2N2O3/c1-2-7-19(18-8-4-3-5-9-18)15-29(38)20-12-13-21(23(14-20)32(39)40)30-22(10-6-11-24(30)33)31-36-27-16-25(34)26(35)17-28(27)37-31/h3-6,8-14,16-17,19H,2,7,15H2,1H3,(H,36,37)(H,39,40)/t19-/m0/s1. The van der Waals surface area contributed by atoms with Gasteiger partial charge in [0.05, 0.1) is 16.6 Å². The average Bonchev–Trinajstić information content (AvgIpc) is 3.35. The van der Waals surface area contributed by atoms with Crippen LogP contribution < -0.4 is 0 Å². The van der Waals surface area contributed by atoms with Crippen LogP contribution in [0.4, 0.5) is 8.78 Å². The molecule has 1 aromatic heterocycles. The van der Waals surface area contributed by atoms with Gasteiger partial charge in [0, 0.05) is 40.3 Å². The van der Waals surface area contributed by atoms with Gasteiger partial charge in [-0.2, -0.15) is 0 Å². The van der Waals surface area contributed by atoms with Crippen LogP contribution in [-0.2, 0) is 0 Å². The van der Waals surface area contributed by atoms with E-state index in [1.54, 1.807) is 30.3 Å². The van der Waals surface area contributed by atoms with Gasteiger partial charge >= 0.3 is 5.97 Å². The summed E-state index contributed by atoms with van der Waals surface area (Å²) in [7, 11) is 0. The van der Waals surface area contributed by atoms with Gasteiger partial charge in [0.15, 0.2) is 17.4 Å². The van der Waals surface area contributed by atoms with Gasteiger partial charge < -0.3 is 10.1 Å². The van der Waals surface area contributed by atoms with Gasteiger partial charge in [0.1, 0.15) is 5.82 Å². The fourth-order valence-electron chi connectivity index (χ4n) is 5.04. The third-order valence-corrected chi connectivity index (χ3v) is 7.29. The summed E-state index contributed by atoms with van der Waals surface area (Å²) < 4.78 is 27.6. The summed E-state index contributed by atoms with van der Waals surface area (Å²) >= 11 is 6.59. The van der Waals surface area contributed by atoms with Crippen LogP contribution in [0.5, 0.6) is 0 Å². The number of H-pyrrole nitrogens is 1. The number of carbonyl (C=O) groups is 2. The van der Waals surface area contributed by atoms with E-state index in [2.05, 4.69) is 16.9 Å². The molecule has 0 bridgehead atoms. The lowest BCUT2D eigenvalue weighted by Crippen LogP contribution is -2.10. The zero-order valence-electron chi connectivity index (χ0n) is 21.5. The van der Waals surface area contributed by atoms with Crippen LogP contribution in [0, 0.1) is 11.6 Å². The van der Waals surface area contributed by atoms with Crippen LogP contribution in [0.3, 0.4) is 0 Å². The van der Waals surface area contributed by atoms with Crippen LogP contribution in [0.25, 0.3) is 33.5 Å². The van der Waals surface area contributed by atoms with E-state index in [1.165, 1.54) is 6.07 Å². The maximum absolute atomic E-state index is 13.8. The Morgan fingerprint density at radius 2 is 1.70 bits per heavy atom. The number of aromatic nitrogens is 2. The van der Waals surface area contributed by atoms with Crippen LogP contribution in [0.2, 0.25) is 5.02 Å². The minimum Gasteiger partial charge on any atom is -0.478 e. The Bertz CT molecular complexity index is 1690. The SMILES string of the molecule is CCC[C@@H](CC(=O)c1ccc(-c2c(Cl)cccc2-c2nc3cc(F)c(F)cc3[nH]2)c(C(=O)O)c1)c1ccccc1. The van der Waals surface area contributed by atoms with Gasteiger partial charge in [-0.3, -0.25) is 4.79 Å². The monoisotopic (exact) mass is 558 g/mol. The number of hydrogen-bond acceptors (Lipinski definition) is 3. The molecule has 0 radical (unpaired) electrons. The van der Waals surface area contributed by atoms with Crippen LogP contribution >= 0.6 is 11.6 Å². The van der Waals surface area contributed by atoms with Crippen molar-refractivity contribution in [2.45, 2.75) is 32.1 Å². The molecule has 0 aliphatic rings. The second kappa shape index (κ2) is 11.4. The van der Waals surface area contributed by atoms with Crippen molar-refractivity contribution in [3.8, 4) is 22.5 Å². The van der Waals surface area contributed by atoms with Crippen molar-refractivity contribution in [2.75, 3.05) is 0 Å². The highest BCUT2D eigenvalue weighted by Gasteiger charge is 2.23. The van der Waals surface area contributed by atoms with Crippen LogP contribution in [0.1, 0.15) is 58.4 Å². The number of benzene rings is 4. The summed E-state index contributed by atoms with van der Waals surface area (Å²) in [6.45, 7) is 2.06. The van der Waals surface area contributed by atoms with Gasteiger partial charge in [0.25, 0.3) is 0 Å². The highest BCUT2D eigenvalue weighted by atomic mass is 35.5. The number of nitrogens with one attached hydrogen (secondary N) is 1. The second-order valence-corrected chi connectivity index (χ2v) is 10.0. The van der Waals surface area contributed by atoms with Crippen molar-refractivity contribution in [1.82, 2.24) is 9.97 Å². The van der Waals surface area contributed by atoms with Crippen molar-refractivity contribution in [3.05, 3.63) is 112 Å². The number of fused-ring (bicyclic) bond motifs is 1. The zero-order valence-corrected chi connectivity index (χ0v) is 22.3. The molecule has 0 aliphatic heterocycles. The molecule has 202 valence electrons. The van der Waals surface area contributed by atoms with Gasteiger partial charge in [0.2, 0.25) is 0 Å². The average molecular weight is 559 g/mol. The van der Waals surface area contributed by atoms with E-state index in [1.807, 2.05) is 30.3 Å². The third kappa shape index (κ3) is 5.38. The Labute approximate surface area is 234 Å². The van der Waals surface area contributed by atoms with Gasteiger partial charge in [-0.15, -0.1) is 0 Å². The molecule has 0 amide bonds. The lowest BCUT2D eigenvalue weighted by molar-refractivity contribution is 0.0697. The summed E-state index contributed by atoms with van der Waals surface area (Å²) in [5.41, 5.74) is 2.85. The van der Waals surface area contributed by atoms with E-state index in [9.17, 15) is 23.5 Å². The first-order chi connectivity index (χ1) is 19.3. The molecule has 0 saturated heterocycles. The lowest BCUT2D eigenvalue weighted by atomic mass is 9.87. The van der Waals surface area contributed by atoms with Crippen LogP contribution in [-0.4, -0.2) is 26.8 Å². The molecule has 1 atom stereocenters. The minimum atomic E-state index is -1.22. The highest BCUT2D eigenvalue weighted by Crippen LogP contribution is 2.39. The number of Topliss-reactive ketones (excluding diaryl/α,β-unsaturated/α-hetero) is 1. The smallest absolute Gasteiger partial charge is 0.336 e. The number of ketones is 1. The molecule has 40 heavy (non-hydrogen) atoms. The number of halogens is 3. The second-order valence-electron chi connectivity index (χ2n) is 9.62. The van der Waals surface area contributed by atoms with E-state index in [0.29, 0.717) is 16.7 Å². The van der Waals surface area contributed by atoms with Crippen molar-refractivity contribution in [2.24, 2.45) is 0 Å². The molecule has 0 spiro atoms.